The first-order chi connectivity index (χ1) is 6.70. The Morgan fingerprint density at radius 1 is 1.14 bits per heavy atom. The van der Waals surface area contributed by atoms with Crippen LogP contribution in [0.4, 0.5) is 0 Å². The van der Waals surface area contributed by atoms with Gasteiger partial charge in [0.15, 0.2) is 0 Å². The molecule has 0 aromatic rings. The minimum Gasteiger partial charge on any atom is -0.326 e. The molecule has 2 atom stereocenters. The van der Waals surface area contributed by atoms with Crippen LogP contribution in [0.25, 0.3) is 0 Å². The fourth-order valence-electron chi connectivity index (χ4n) is 2.20. The summed E-state index contributed by atoms with van der Waals surface area (Å²) >= 11 is 0. The lowest BCUT2D eigenvalue weighted by Crippen LogP contribution is -2.51. The maximum absolute atomic E-state index is 11.4. The molecule has 76 valence electrons. The lowest BCUT2D eigenvalue weighted by atomic mass is 9.90. The number of imide groups is 1. The summed E-state index contributed by atoms with van der Waals surface area (Å²) in [6, 6.07) is -0.129. The van der Waals surface area contributed by atoms with Crippen LogP contribution < -0.4 is 5.73 Å². The summed E-state index contributed by atoms with van der Waals surface area (Å²) in [5.41, 5.74) is 5.91. The molecule has 1 fully saturated rings. The summed E-state index contributed by atoms with van der Waals surface area (Å²) in [5, 5.41) is 0. The first kappa shape index (κ1) is 9.40. The zero-order chi connectivity index (χ0) is 10.1. The van der Waals surface area contributed by atoms with Crippen LogP contribution in [-0.2, 0) is 9.59 Å². The van der Waals surface area contributed by atoms with E-state index in [1.807, 2.05) is 0 Å². The summed E-state index contributed by atoms with van der Waals surface area (Å²) in [6.07, 6.45) is 6.55. The van der Waals surface area contributed by atoms with Crippen molar-refractivity contribution in [3.63, 3.8) is 0 Å². The predicted octanol–water partition coefficient (Wildman–Crippen LogP) is 0.181. The van der Waals surface area contributed by atoms with Crippen molar-refractivity contribution in [1.29, 1.82) is 0 Å². The number of hydrogen-bond acceptors (Lipinski definition) is 3. The van der Waals surface area contributed by atoms with Crippen molar-refractivity contribution in [2.24, 2.45) is 5.73 Å². The van der Waals surface area contributed by atoms with Crippen LogP contribution >= 0.6 is 0 Å². The fraction of sp³-hybridized carbons (Fsp3) is 0.600. The van der Waals surface area contributed by atoms with Crippen LogP contribution in [0.1, 0.15) is 25.7 Å². The van der Waals surface area contributed by atoms with Gasteiger partial charge in [0.25, 0.3) is 11.8 Å². The van der Waals surface area contributed by atoms with Gasteiger partial charge in [0.05, 0.1) is 6.04 Å². The molecule has 0 aromatic heterocycles. The molecular weight excluding hydrogens is 180 g/mol. The highest BCUT2D eigenvalue weighted by Crippen LogP contribution is 2.24. The van der Waals surface area contributed by atoms with E-state index in [-0.39, 0.29) is 23.9 Å². The first-order valence-corrected chi connectivity index (χ1v) is 5.01. The Bertz CT molecular complexity index is 280. The molecule has 2 rings (SSSR count). The van der Waals surface area contributed by atoms with Gasteiger partial charge in [-0.3, -0.25) is 14.5 Å². The summed E-state index contributed by atoms with van der Waals surface area (Å²) in [5.74, 6) is -0.422. The van der Waals surface area contributed by atoms with Crippen LogP contribution in [-0.4, -0.2) is 28.8 Å². The Morgan fingerprint density at radius 2 is 1.71 bits per heavy atom. The van der Waals surface area contributed by atoms with E-state index < -0.39 is 0 Å². The van der Waals surface area contributed by atoms with Crippen molar-refractivity contribution in [3.8, 4) is 0 Å². The van der Waals surface area contributed by atoms with Crippen molar-refractivity contribution >= 4 is 11.8 Å². The van der Waals surface area contributed by atoms with E-state index in [0.717, 1.165) is 25.7 Å². The van der Waals surface area contributed by atoms with Crippen molar-refractivity contribution in [2.45, 2.75) is 37.8 Å². The zero-order valence-electron chi connectivity index (χ0n) is 7.98. The third-order valence-electron chi connectivity index (χ3n) is 2.96. The highest BCUT2D eigenvalue weighted by molar-refractivity contribution is 6.13. The number of amides is 2. The molecule has 0 aromatic carbocycles. The molecule has 1 saturated carbocycles. The SMILES string of the molecule is NC1CCCCC1N1C(=O)C=CC1=O. The van der Waals surface area contributed by atoms with E-state index >= 15 is 0 Å². The monoisotopic (exact) mass is 194 g/mol. The van der Waals surface area contributed by atoms with Crippen molar-refractivity contribution in [2.75, 3.05) is 0 Å². The zero-order valence-corrected chi connectivity index (χ0v) is 7.98. The number of hydrogen-bond donors (Lipinski definition) is 1. The Morgan fingerprint density at radius 3 is 2.29 bits per heavy atom. The molecule has 2 amide bonds. The second-order valence-corrected chi connectivity index (χ2v) is 3.90. The largest absolute Gasteiger partial charge is 0.326 e. The normalized spacial score (nSPS) is 32.8. The maximum Gasteiger partial charge on any atom is 0.253 e. The van der Waals surface area contributed by atoms with Crippen molar-refractivity contribution < 1.29 is 9.59 Å². The average molecular weight is 194 g/mol. The molecule has 2 N–H and O–H groups in total. The fourth-order valence-corrected chi connectivity index (χ4v) is 2.20. The topological polar surface area (TPSA) is 63.4 Å². The van der Waals surface area contributed by atoms with Gasteiger partial charge < -0.3 is 5.73 Å². The molecule has 4 nitrogen and oxygen atoms in total. The third-order valence-corrected chi connectivity index (χ3v) is 2.96. The number of nitrogens with two attached hydrogens (primary N) is 1. The van der Waals surface area contributed by atoms with Gasteiger partial charge >= 0.3 is 0 Å². The number of carbonyl (C=O) groups is 2. The molecule has 0 spiro atoms. The van der Waals surface area contributed by atoms with Gasteiger partial charge in [-0.2, -0.15) is 0 Å². The quantitative estimate of drug-likeness (QED) is 0.606. The van der Waals surface area contributed by atoms with Gasteiger partial charge in [-0.25, -0.2) is 0 Å². The van der Waals surface area contributed by atoms with E-state index in [9.17, 15) is 9.59 Å². The molecule has 2 aliphatic rings. The number of rotatable bonds is 1. The lowest BCUT2D eigenvalue weighted by molar-refractivity contribution is -0.140. The van der Waals surface area contributed by atoms with Crippen molar-refractivity contribution in [3.05, 3.63) is 12.2 Å². The highest BCUT2D eigenvalue weighted by Gasteiger charge is 2.35. The van der Waals surface area contributed by atoms with Crippen LogP contribution in [0.5, 0.6) is 0 Å². The Labute approximate surface area is 82.7 Å². The van der Waals surface area contributed by atoms with Gasteiger partial charge in [-0.05, 0) is 12.8 Å². The summed E-state index contributed by atoms with van der Waals surface area (Å²) in [6.45, 7) is 0. The van der Waals surface area contributed by atoms with Crippen LogP contribution in [0.15, 0.2) is 12.2 Å². The van der Waals surface area contributed by atoms with Gasteiger partial charge in [-0.1, -0.05) is 12.8 Å². The van der Waals surface area contributed by atoms with Crippen molar-refractivity contribution in [1.82, 2.24) is 4.90 Å². The first-order valence-electron chi connectivity index (χ1n) is 5.01. The van der Waals surface area contributed by atoms with Crippen LogP contribution in [0, 0.1) is 0 Å². The average Bonchev–Trinajstić information content (AvgIpc) is 2.48. The molecule has 2 unspecified atom stereocenters. The molecule has 1 aliphatic heterocycles. The molecule has 1 heterocycles. The highest BCUT2D eigenvalue weighted by atomic mass is 16.2. The minimum atomic E-state index is -0.211. The molecule has 0 radical (unpaired) electrons. The molecule has 0 bridgehead atoms. The molecule has 0 saturated heterocycles. The number of carbonyl (C=O) groups excluding carboxylic acids is 2. The molecule has 1 aliphatic carbocycles. The predicted molar refractivity (Wildman–Crippen MR) is 51.2 cm³/mol. The smallest absolute Gasteiger partial charge is 0.253 e. The van der Waals surface area contributed by atoms with Gasteiger partial charge in [0.1, 0.15) is 0 Å². The van der Waals surface area contributed by atoms with E-state index in [1.165, 1.54) is 17.1 Å². The summed E-state index contributed by atoms with van der Waals surface area (Å²) in [7, 11) is 0. The standard InChI is InChI=1S/C10H14N2O2/c11-7-3-1-2-4-8(7)12-9(13)5-6-10(12)14/h5-8H,1-4,11H2. The maximum atomic E-state index is 11.4. The lowest BCUT2D eigenvalue weighted by Gasteiger charge is -2.34. The van der Waals surface area contributed by atoms with Gasteiger partial charge in [0, 0.05) is 18.2 Å². The summed E-state index contributed by atoms with van der Waals surface area (Å²) in [4.78, 5) is 24.1. The second-order valence-electron chi connectivity index (χ2n) is 3.90. The molecule has 14 heavy (non-hydrogen) atoms. The summed E-state index contributed by atoms with van der Waals surface area (Å²) < 4.78 is 0. The third kappa shape index (κ3) is 1.46. The van der Waals surface area contributed by atoms with Gasteiger partial charge in [0.2, 0.25) is 0 Å². The Kier molecular flexibility index (Phi) is 2.37. The van der Waals surface area contributed by atoms with Crippen LogP contribution in [0.2, 0.25) is 0 Å². The van der Waals surface area contributed by atoms with E-state index in [4.69, 9.17) is 5.73 Å². The Hall–Kier alpha value is -1.16. The second kappa shape index (κ2) is 3.53. The molecular formula is C10H14N2O2. The van der Waals surface area contributed by atoms with Crippen LogP contribution in [0.3, 0.4) is 0 Å². The minimum absolute atomic E-state index is 0.0449. The van der Waals surface area contributed by atoms with E-state index in [1.54, 1.807) is 0 Å². The van der Waals surface area contributed by atoms with E-state index in [0.29, 0.717) is 0 Å². The number of nitrogens with zero attached hydrogens (tertiary/aromatic N) is 1. The van der Waals surface area contributed by atoms with E-state index in [2.05, 4.69) is 0 Å². The van der Waals surface area contributed by atoms with Gasteiger partial charge in [-0.15, -0.1) is 0 Å². The Balaban J connectivity index is 2.13. The molecule has 4 heteroatoms.